The Hall–Kier alpha value is -5.08. The number of hydrogen-bond acceptors (Lipinski definition) is 1. The highest BCUT2D eigenvalue weighted by Crippen LogP contribution is 2.41. The first kappa shape index (κ1) is 22.0. The van der Waals surface area contributed by atoms with Gasteiger partial charge in [-0.2, -0.15) is 0 Å². The Kier molecular flexibility index (Phi) is 4.77. The number of fused-ring (bicyclic) bond motifs is 7. The lowest BCUT2D eigenvalue weighted by Gasteiger charge is -2.14. The fourth-order valence-electron chi connectivity index (χ4n) is 6.17. The lowest BCUT2D eigenvalue weighted by atomic mass is 9.90. The summed E-state index contributed by atoms with van der Waals surface area (Å²) >= 11 is 0. The second-order valence-electron chi connectivity index (χ2n) is 10.2. The van der Waals surface area contributed by atoms with Crippen molar-refractivity contribution in [2.24, 2.45) is 0 Å². The van der Waals surface area contributed by atoms with Gasteiger partial charge in [0.05, 0.1) is 18.1 Å². The molecule has 8 rings (SSSR count). The molecule has 0 fully saturated rings. The molecule has 0 radical (unpaired) electrons. The molecular formula is C37H25NO. The summed E-state index contributed by atoms with van der Waals surface area (Å²) in [4.78, 5) is 0. The minimum Gasteiger partial charge on any atom is -0.497 e. The van der Waals surface area contributed by atoms with Gasteiger partial charge in [-0.1, -0.05) is 72.8 Å². The number of ether oxygens (including phenoxy) is 1. The van der Waals surface area contributed by atoms with Crippen molar-refractivity contribution >= 4 is 54.1 Å². The predicted octanol–water partition coefficient (Wildman–Crippen LogP) is 9.92. The highest BCUT2D eigenvalue weighted by Gasteiger charge is 2.16. The highest BCUT2D eigenvalue weighted by atomic mass is 16.5. The molecule has 39 heavy (non-hydrogen) atoms. The maximum absolute atomic E-state index is 5.45. The van der Waals surface area contributed by atoms with E-state index in [-0.39, 0.29) is 0 Å². The van der Waals surface area contributed by atoms with Crippen molar-refractivity contribution in [1.29, 1.82) is 0 Å². The largest absolute Gasteiger partial charge is 0.497 e. The van der Waals surface area contributed by atoms with Crippen LogP contribution in [0, 0.1) is 0 Å². The minimum atomic E-state index is 0.864. The molecule has 7 aromatic carbocycles. The third kappa shape index (κ3) is 3.35. The number of nitrogens with zero attached hydrogens (tertiary/aromatic N) is 1. The molecule has 0 atom stereocenters. The Balaban J connectivity index is 1.54. The third-order valence-corrected chi connectivity index (χ3v) is 8.03. The van der Waals surface area contributed by atoms with Gasteiger partial charge >= 0.3 is 0 Å². The highest BCUT2D eigenvalue weighted by molar-refractivity contribution is 6.22. The molecule has 184 valence electrons. The van der Waals surface area contributed by atoms with E-state index < -0.39 is 0 Å². The SMILES string of the molecule is COc1ccc(-c2cc3cc4c(cc3c3cc5ccccc5cc23)c2ccccc2n4-c2ccccc2)cc1. The van der Waals surface area contributed by atoms with Gasteiger partial charge in [-0.15, -0.1) is 0 Å². The van der Waals surface area contributed by atoms with E-state index in [4.69, 9.17) is 4.74 Å². The van der Waals surface area contributed by atoms with Crippen molar-refractivity contribution in [3.8, 4) is 22.6 Å². The van der Waals surface area contributed by atoms with Gasteiger partial charge in [-0.05, 0) is 104 Å². The van der Waals surface area contributed by atoms with Crippen LogP contribution in [0.25, 0.3) is 70.9 Å². The number of para-hydroxylation sites is 2. The molecule has 0 aliphatic carbocycles. The van der Waals surface area contributed by atoms with Crippen LogP contribution >= 0.6 is 0 Å². The summed E-state index contributed by atoms with van der Waals surface area (Å²) in [7, 11) is 1.71. The molecule has 2 nitrogen and oxygen atoms in total. The van der Waals surface area contributed by atoms with E-state index >= 15 is 0 Å². The van der Waals surface area contributed by atoms with Crippen LogP contribution in [0.3, 0.4) is 0 Å². The zero-order chi connectivity index (χ0) is 25.9. The van der Waals surface area contributed by atoms with Gasteiger partial charge in [0, 0.05) is 16.5 Å². The first-order valence-corrected chi connectivity index (χ1v) is 13.3. The molecule has 1 aromatic heterocycles. The van der Waals surface area contributed by atoms with Crippen molar-refractivity contribution in [3.63, 3.8) is 0 Å². The summed E-state index contributed by atoms with van der Waals surface area (Å²) in [6.07, 6.45) is 0. The molecule has 0 aliphatic rings. The smallest absolute Gasteiger partial charge is 0.118 e. The summed E-state index contributed by atoms with van der Waals surface area (Å²) < 4.78 is 7.84. The van der Waals surface area contributed by atoms with Crippen molar-refractivity contribution in [3.05, 3.63) is 133 Å². The molecule has 0 unspecified atom stereocenters. The summed E-state index contributed by atoms with van der Waals surface area (Å²) in [5.41, 5.74) is 6.02. The van der Waals surface area contributed by atoms with Crippen molar-refractivity contribution in [2.75, 3.05) is 7.11 Å². The minimum absolute atomic E-state index is 0.864. The van der Waals surface area contributed by atoms with Crippen molar-refractivity contribution in [2.45, 2.75) is 0 Å². The molecular weight excluding hydrogens is 474 g/mol. The zero-order valence-corrected chi connectivity index (χ0v) is 21.6. The number of rotatable bonds is 3. The molecule has 2 heteroatoms. The van der Waals surface area contributed by atoms with Gasteiger partial charge in [-0.25, -0.2) is 0 Å². The van der Waals surface area contributed by atoms with Crippen LogP contribution in [0.2, 0.25) is 0 Å². The van der Waals surface area contributed by atoms with E-state index in [1.807, 2.05) is 12.1 Å². The van der Waals surface area contributed by atoms with Gasteiger partial charge in [0.2, 0.25) is 0 Å². The average Bonchev–Trinajstić information content (AvgIpc) is 3.32. The lowest BCUT2D eigenvalue weighted by Crippen LogP contribution is -1.93. The monoisotopic (exact) mass is 499 g/mol. The fraction of sp³-hybridized carbons (Fsp3) is 0.0270. The van der Waals surface area contributed by atoms with Crippen LogP contribution in [0.4, 0.5) is 0 Å². The van der Waals surface area contributed by atoms with Gasteiger partial charge < -0.3 is 9.30 Å². The summed E-state index contributed by atoms with van der Waals surface area (Å²) in [6, 6.07) is 48.3. The second kappa shape index (κ2) is 8.47. The maximum Gasteiger partial charge on any atom is 0.118 e. The molecule has 0 bridgehead atoms. The Morgan fingerprint density at radius 3 is 1.92 bits per heavy atom. The van der Waals surface area contributed by atoms with Crippen LogP contribution in [-0.2, 0) is 0 Å². The van der Waals surface area contributed by atoms with E-state index in [1.54, 1.807) is 7.11 Å². The van der Waals surface area contributed by atoms with Gasteiger partial charge in [0.25, 0.3) is 0 Å². The van der Waals surface area contributed by atoms with Gasteiger partial charge in [0.15, 0.2) is 0 Å². The summed E-state index contributed by atoms with van der Waals surface area (Å²) in [5.74, 6) is 0.864. The molecule has 0 aliphatic heterocycles. The van der Waals surface area contributed by atoms with Crippen LogP contribution in [-0.4, -0.2) is 11.7 Å². The topological polar surface area (TPSA) is 14.2 Å². The number of benzene rings is 7. The van der Waals surface area contributed by atoms with Crippen LogP contribution < -0.4 is 4.74 Å². The third-order valence-electron chi connectivity index (χ3n) is 8.03. The molecule has 0 saturated heterocycles. The Morgan fingerprint density at radius 1 is 0.462 bits per heavy atom. The molecule has 0 amide bonds. The first-order chi connectivity index (χ1) is 19.3. The molecule has 0 saturated carbocycles. The lowest BCUT2D eigenvalue weighted by molar-refractivity contribution is 0.415. The van der Waals surface area contributed by atoms with E-state index in [1.165, 1.54) is 70.9 Å². The predicted molar refractivity (Wildman–Crippen MR) is 165 cm³/mol. The maximum atomic E-state index is 5.45. The van der Waals surface area contributed by atoms with Gasteiger partial charge in [0.1, 0.15) is 5.75 Å². The van der Waals surface area contributed by atoms with Crippen molar-refractivity contribution in [1.82, 2.24) is 4.57 Å². The van der Waals surface area contributed by atoms with Gasteiger partial charge in [-0.3, -0.25) is 0 Å². The van der Waals surface area contributed by atoms with E-state index in [0.717, 1.165) is 5.75 Å². The average molecular weight is 500 g/mol. The number of aromatic nitrogens is 1. The Morgan fingerprint density at radius 2 is 1.15 bits per heavy atom. The standard InChI is InChI=1S/C37H25NO/c1-39-29-17-15-24(16-18-29)31-21-27-22-37-35(23-32(27)34-20-26-10-6-5-9-25(26)19-33(31)34)30-13-7-8-14-36(30)38(37)28-11-3-2-4-12-28/h2-23H,1H3. The normalized spacial score (nSPS) is 11.7. The second-order valence-corrected chi connectivity index (χ2v) is 10.2. The molecule has 0 N–H and O–H groups in total. The summed E-state index contributed by atoms with van der Waals surface area (Å²) in [6.45, 7) is 0. The van der Waals surface area contributed by atoms with E-state index in [2.05, 4.69) is 126 Å². The van der Waals surface area contributed by atoms with Crippen LogP contribution in [0.15, 0.2) is 133 Å². The fourth-order valence-corrected chi connectivity index (χ4v) is 6.17. The Bertz CT molecular complexity index is 2190. The molecule has 1 heterocycles. The first-order valence-electron chi connectivity index (χ1n) is 13.3. The molecule has 8 aromatic rings. The van der Waals surface area contributed by atoms with Crippen molar-refractivity contribution < 1.29 is 4.74 Å². The molecule has 0 spiro atoms. The van der Waals surface area contributed by atoms with E-state index in [9.17, 15) is 0 Å². The van der Waals surface area contributed by atoms with Crippen LogP contribution in [0.1, 0.15) is 0 Å². The zero-order valence-electron chi connectivity index (χ0n) is 21.6. The van der Waals surface area contributed by atoms with E-state index in [0.29, 0.717) is 0 Å². The number of methoxy groups -OCH3 is 1. The number of hydrogen-bond donors (Lipinski definition) is 0. The summed E-state index contributed by atoms with van der Waals surface area (Å²) in [5, 5.41) is 10.1. The Labute approximate surface area is 226 Å². The quantitative estimate of drug-likeness (QED) is 0.174. The van der Waals surface area contributed by atoms with Crippen LogP contribution in [0.5, 0.6) is 5.75 Å².